The number of nitrogens with zero attached hydrogens (tertiary/aromatic N) is 3. The van der Waals surface area contributed by atoms with Crippen LogP contribution in [-0.2, 0) is 13.0 Å². The van der Waals surface area contributed by atoms with Crippen LogP contribution in [0.5, 0.6) is 0 Å². The predicted octanol–water partition coefficient (Wildman–Crippen LogP) is 2.23. The van der Waals surface area contributed by atoms with E-state index in [0.717, 1.165) is 57.4 Å². The van der Waals surface area contributed by atoms with Crippen molar-refractivity contribution in [3.05, 3.63) is 17.2 Å². The first-order chi connectivity index (χ1) is 11.5. The van der Waals surface area contributed by atoms with Gasteiger partial charge in [0.25, 0.3) is 11.8 Å². The molecule has 0 unspecified atom stereocenters. The highest BCUT2D eigenvalue weighted by Crippen LogP contribution is 2.24. The second kappa shape index (κ2) is 6.95. The van der Waals surface area contributed by atoms with Crippen molar-refractivity contribution in [3.8, 4) is 0 Å². The van der Waals surface area contributed by atoms with Crippen LogP contribution < -0.4 is 5.32 Å². The minimum atomic E-state index is -0.181. The quantitative estimate of drug-likeness (QED) is 0.923. The molecule has 1 N–H and O–H groups in total. The number of amides is 2. The molecule has 0 radical (unpaired) electrons. The Balaban J connectivity index is 1.89. The van der Waals surface area contributed by atoms with E-state index in [4.69, 9.17) is 0 Å². The van der Waals surface area contributed by atoms with Crippen LogP contribution in [0.3, 0.4) is 0 Å². The van der Waals surface area contributed by atoms with E-state index in [2.05, 4.69) is 17.2 Å². The zero-order valence-corrected chi connectivity index (χ0v) is 15.0. The first kappa shape index (κ1) is 17.0. The van der Waals surface area contributed by atoms with Gasteiger partial charge in [-0.2, -0.15) is 0 Å². The van der Waals surface area contributed by atoms with Crippen molar-refractivity contribution < 1.29 is 9.59 Å². The number of carbonyl (C=O) groups is 2. The molecular weight excluding hydrogens is 304 g/mol. The normalized spacial score (nSPS) is 18.6. The molecule has 0 atom stereocenters. The van der Waals surface area contributed by atoms with Crippen LogP contribution in [0.1, 0.15) is 73.3 Å². The number of hydrogen-bond acceptors (Lipinski definition) is 3. The minimum Gasteiger partial charge on any atom is -0.347 e. The van der Waals surface area contributed by atoms with Gasteiger partial charge in [-0.15, -0.1) is 0 Å². The Hall–Kier alpha value is -1.85. The van der Waals surface area contributed by atoms with Crippen molar-refractivity contribution in [1.29, 1.82) is 0 Å². The average Bonchev–Trinajstić information content (AvgIpc) is 2.94. The molecule has 0 saturated carbocycles. The summed E-state index contributed by atoms with van der Waals surface area (Å²) in [6, 6.07) is 0.0526. The van der Waals surface area contributed by atoms with Crippen molar-refractivity contribution >= 4 is 11.8 Å². The summed E-state index contributed by atoms with van der Waals surface area (Å²) in [6.07, 6.45) is 4.99. The molecule has 0 spiro atoms. The lowest BCUT2D eigenvalue weighted by atomic mass is 9.98. The van der Waals surface area contributed by atoms with Crippen LogP contribution in [0.4, 0.5) is 0 Å². The molecule has 6 nitrogen and oxygen atoms in total. The average molecular weight is 332 g/mol. The van der Waals surface area contributed by atoms with Crippen molar-refractivity contribution in [2.75, 3.05) is 13.1 Å². The maximum absolute atomic E-state index is 13.0. The molecule has 132 valence electrons. The summed E-state index contributed by atoms with van der Waals surface area (Å²) in [4.78, 5) is 31.8. The maximum Gasteiger partial charge on any atom is 0.287 e. The van der Waals surface area contributed by atoms with Gasteiger partial charge in [-0.25, -0.2) is 4.98 Å². The largest absolute Gasteiger partial charge is 0.347 e. The Morgan fingerprint density at radius 1 is 1.17 bits per heavy atom. The summed E-state index contributed by atoms with van der Waals surface area (Å²) in [5, 5.41) is 2.90. The molecule has 0 aliphatic carbocycles. The lowest BCUT2D eigenvalue weighted by Crippen LogP contribution is -2.38. The van der Waals surface area contributed by atoms with E-state index in [1.807, 2.05) is 23.3 Å². The Morgan fingerprint density at radius 2 is 1.88 bits per heavy atom. The summed E-state index contributed by atoms with van der Waals surface area (Å²) in [5.41, 5.74) is 1.44. The Bertz CT molecular complexity index is 627. The van der Waals surface area contributed by atoms with Gasteiger partial charge in [-0.3, -0.25) is 9.59 Å². The van der Waals surface area contributed by atoms with Crippen LogP contribution in [-0.4, -0.2) is 45.4 Å². The molecule has 3 rings (SSSR count). The number of rotatable bonds is 3. The summed E-state index contributed by atoms with van der Waals surface area (Å²) in [7, 11) is 0. The van der Waals surface area contributed by atoms with E-state index in [1.165, 1.54) is 0 Å². The standard InChI is InChI=1S/C18H28N4O2/c1-12(2)19-17(23)16-20-15(14-6-4-5-9-22(14)16)18(24)21-10-7-13(3)8-11-21/h12-13H,4-11H2,1-3H3,(H,19,23). The van der Waals surface area contributed by atoms with Gasteiger partial charge in [0, 0.05) is 25.7 Å². The fourth-order valence-electron chi connectivity index (χ4n) is 3.58. The number of nitrogens with one attached hydrogen (secondary N) is 1. The summed E-state index contributed by atoms with van der Waals surface area (Å²) in [6.45, 7) is 8.44. The smallest absolute Gasteiger partial charge is 0.287 e. The summed E-state index contributed by atoms with van der Waals surface area (Å²) < 4.78 is 1.96. The van der Waals surface area contributed by atoms with E-state index >= 15 is 0 Å². The molecule has 0 aromatic carbocycles. The predicted molar refractivity (Wildman–Crippen MR) is 92.1 cm³/mol. The summed E-state index contributed by atoms with van der Waals surface area (Å²) >= 11 is 0. The van der Waals surface area contributed by atoms with Crippen molar-refractivity contribution in [2.24, 2.45) is 5.92 Å². The number of piperidine rings is 1. The third-order valence-electron chi connectivity index (χ3n) is 5.01. The second-order valence-corrected chi connectivity index (χ2v) is 7.44. The maximum atomic E-state index is 13.0. The molecule has 6 heteroatoms. The Labute approximate surface area is 143 Å². The molecule has 3 heterocycles. The molecule has 1 aromatic rings. The lowest BCUT2D eigenvalue weighted by molar-refractivity contribution is 0.0690. The highest BCUT2D eigenvalue weighted by molar-refractivity contribution is 5.97. The fourth-order valence-corrected chi connectivity index (χ4v) is 3.58. The van der Waals surface area contributed by atoms with Gasteiger partial charge < -0.3 is 14.8 Å². The second-order valence-electron chi connectivity index (χ2n) is 7.44. The molecule has 24 heavy (non-hydrogen) atoms. The molecular formula is C18H28N4O2. The number of aromatic nitrogens is 2. The number of imidazole rings is 1. The first-order valence-electron chi connectivity index (χ1n) is 9.17. The van der Waals surface area contributed by atoms with E-state index in [9.17, 15) is 9.59 Å². The highest BCUT2D eigenvalue weighted by atomic mass is 16.2. The molecule has 0 bridgehead atoms. The van der Waals surface area contributed by atoms with Crippen LogP contribution >= 0.6 is 0 Å². The van der Waals surface area contributed by atoms with Crippen LogP contribution in [0, 0.1) is 5.92 Å². The molecule has 1 saturated heterocycles. The third kappa shape index (κ3) is 3.32. The number of hydrogen-bond donors (Lipinski definition) is 1. The third-order valence-corrected chi connectivity index (χ3v) is 5.01. The zero-order valence-electron chi connectivity index (χ0n) is 15.0. The number of carbonyl (C=O) groups excluding carboxylic acids is 2. The SMILES string of the molecule is CC1CCN(C(=O)c2nc(C(=O)NC(C)C)n3c2CCCC3)CC1. The van der Waals surface area contributed by atoms with Gasteiger partial charge in [0.15, 0.2) is 5.82 Å². The van der Waals surface area contributed by atoms with Gasteiger partial charge in [-0.05, 0) is 51.9 Å². The van der Waals surface area contributed by atoms with Crippen molar-refractivity contribution in [2.45, 2.75) is 65.5 Å². The fraction of sp³-hybridized carbons (Fsp3) is 0.722. The highest BCUT2D eigenvalue weighted by Gasteiger charge is 2.31. The van der Waals surface area contributed by atoms with Crippen LogP contribution in [0.25, 0.3) is 0 Å². The van der Waals surface area contributed by atoms with Gasteiger partial charge in [-0.1, -0.05) is 6.92 Å². The minimum absolute atomic E-state index is 0.00357. The summed E-state index contributed by atoms with van der Waals surface area (Å²) in [5.74, 6) is 0.889. The van der Waals surface area contributed by atoms with Gasteiger partial charge >= 0.3 is 0 Å². The van der Waals surface area contributed by atoms with E-state index in [-0.39, 0.29) is 17.9 Å². The van der Waals surface area contributed by atoms with Gasteiger partial charge in [0.1, 0.15) is 5.69 Å². The topological polar surface area (TPSA) is 67.2 Å². The number of likely N-dealkylation sites (tertiary alicyclic amines) is 1. The van der Waals surface area contributed by atoms with Crippen molar-refractivity contribution in [3.63, 3.8) is 0 Å². The molecule has 2 aliphatic rings. The van der Waals surface area contributed by atoms with E-state index < -0.39 is 0 Å². The van der Waals surface area contributed by atoms with Gasteiger partial charge in [0.05, 0.1) is 5.69 Å². The van der Waals surface area contributed by atoms with Crippen LogP contribution in [0.15, 0.2) is 0 Å². The first-order valence-corrected chi connectivity index (χ1v) is 9.17. The van der Waals surface area contributed by atoms with E-state index in [0.29, 0.717) is 17.4 Å². The lowest BCUT2D eigenvalue weighted by Gasteiger charge is -2.30. The Kier molecular flexibility index (Phi) is 4.92. The molecule has 2 amide bonds. The zero-order chi connectivity index (χ0) is 17.3. The van der Waals surface area contributed by atoms with Crippen molar-refractivity contribution in [1.82, 2.24) is 19.8 Å². The molecule has 2 aliphatic heterocycles. The Morgan fingerprint density at radius 3 is 2.54 bits per heavy atom. The number of fused-ring (bicyclic) bond motifs is 1. The molecule has 1 fully saturated rings. The van der Waals surface area contributed by atoms with E-state index in [1.54, 1.807) is 0 Å². The van der Waals surface area contributed by atoms with Crippen LogP contribution in [0.2, 0.25) is 0 Å². The van der Waals surface area contributed by atoms with Gasteiger partial charge in [0.2, 0.25) is 0 Å². The molecule has 1 aromatic heterocycles. The monoisotopic (exact) mass is 332 g/mol.